The van der Waals surface area contributed by atoms with Crippen LogP contribution in [0.1, 0.15) is 0 Å². The average Bonchev–Trinajstić information content (AvgIpc) is 2.26. The molecule has 0 amide bonds. The fourth-order valence-electron chi connectivity index (χ4n) is 1.49. The van der Waals surface area contributed by atoms with Gasteiger partial charge in [0.25, 0.3) is 5.56 Å². The molecular formula is C12H11ClN2O. The monoisotopic (exact) mass is 234 g/mol. The number of nitrogens with zero attached hydrogens (tertiary/aromatic N) is 1. The topological polar surface area (TPSA) is 48.0 Å². The molecular weight excluding hydrogens is 224 g/mol. The number of benzene rings is 1. The van der Waals surface area contributed by atoms with Crippen molar-refractivity contribution < 1.29 is 0 Å². The Bertz CT molecular complexity index is 590. The molecule has 2 rings (SSSR count). The van der Waals surface area contributed by atoms with Gasteiger partial charge in [0.05, 0.1) is 10.7 Å². The van der Waals surface area contributed by atoms with Crippen molar-refractivity contribution in [1.82, 2.24) is 4.57 Å². The summed E-state index contributed by atoms with van der Waals surface area (Å²) in [5.74, 6) is 0. The van der Waals surface area contributed by atoms with Gasteiger partial charge in [0.1, 0.15) is 0 Å². The normalized spacial score (nSPS) is 10.4. The van der Waals surface area contributed by atoms with E-state index in [1.165, 1.54) is 4.57 Å². The molecule has 82 valence electrons. The maximum absolute atomic E-state index is 11.5. The van der Waals surface area contributed by atoms with Crippen LogP contribution in [0.15, 0.2) is 41.3 Å². The molecule has 3 nitrogen and oxygen atoms in total. The minimum Gasteiger partial charge on any atom is -0.398 e. The number of nitrogens with two attached hydrogens (primary N) is 1. The van der Waals surface area contributed by atoms with Crippen LogP contribution in [0.3, 0.4) is 0 Å². The van der Waals surface area contributed by atoms with E-state index in [2.05, 4.69) is 0 Å². The van der Waals surface area contributed by atoms with Gasteiger partial charge in [-0.3, -0.25) is 4.79 Å². The second kappa shape index (κ2) is 4.02. The summed E-state index contributed by atoms with van der Waals surface area (Å²) in [6.45, 7) is 0. The number of pyridine rings is 1. The van der Waals surface area contributed by atoms with Crippen LogP contribution in [0, 0.1) is 0 Å². The molecule has 0 saturated carbocycles. The SMILES string of the molecule is Cn1ccc(-c2cccc(N)c2Cl)cc1=O. The van der Waals surface area contributed by atoms with Gasteiger partial charge < -0.3 is 10.3 Å². The van der Waals surface area contributed by atoms with Crippen LogP contribution in [0.5, 0.6) is 0 Å². The maximum atomic E-state index is 11.5. The highest BCUT2D eigenvalue weighted by Gasteiger charge is 2.06. The lowest BCUT2D eigenvalue weighted by Crippen LogP contribution is -2.14. The summed E-state index contributed by atoms with van der Waals surface area (Å²) in [4.78, 5) is 11.5. The standard InChI is InChI=1S/C12H11ClN2O/c1-15-6-5-8(7-11(15)16)9-3-2-4-10(14)12(9)13/h2-7H,14H2,1H3. The zero-order valence-electron chi connectivity index (χ0n) is 8.77. The van der Waals surface area contributed by atoms with Crippen LogP contribution in [0.25, 0.3) is 11.1 Å². The molecule has 0 aliphatic rings. The number of anilines is 1. The minimum absolute atomic E-state index is 0.0732. The molecule has 2 N–H and O–H groups in total. The number of hydrogen-bond acceptors (Lipinski definition) is 2. The Morgan fingerprint density at radius 3 is 2.75 bits per heavy atom. The summed E-state index contributed by atoms with van der Waals surface area (Å²) in [6.07, 6.45) is 1.71. The Hall–Kier alpha value is -1.74. The number of aryl methyl sites for hydroxylation is 1. The third-order valence-electron chi connectivity index (χ3n) is 2.44. The summed E-state index contributed by atoms with van der Waals surface area (Å²) >= 11 is 6.09. The zero-order chi connectivity index (χ0) is 11.7. The largest absolute Gasteiger partial charge is 0.398 e. The first kappa shape index (κ1) is 10.8. The molecule has 0 unspecified atom stereocenters. The van der Waals surface area contributed by atoms with Crippen LogP contribution in [-0.2, 0) is 7.05 Å². The van der Waals surface area contributed by atoms with Crippen molar-refractivity contribution in [3.05, 3.63) is 51.9 Å². The highest BCUT2D eigenvalue weighted by Crippen LogP contribution is 2.31. The van der Waals surface area contributed by atoms with Gasteiger partial charge in [-0.05, 0) is 17.7 Å². The van der Waals surface area contributed by atoms with Gasteiger partial charge >= 0.3 is 0 Å². The predicted octanol–water partition coefficient (Wildman–Crippen LogP) is 2.29. The molecule has 1 aromatic carbocycles. The van der Waals surface area contributed by atoms with Gasteiger partial charge in [-0.15, -0.1) is 0 Å². The second-order valence-corrected chi connectivity index (χ2v) is 3.95. The zero-order valence-corrected chi connectivity index (χ0v) is 9.53. The predicted molar refractivity (Wildman–Crippen MR) is 66.5 cm³/mol. The van der Waals surface area contributed by atoms with E-state index >= 15 is 0 Å². The first-order valence-corrected chi connectivity index (χ1v) is 5.18. The van der Waals surface area contributed by atoms with Crippen molar-refractivity contribution in [2.45, 2.75) is 0 Å². The number of halogens is 1. The summed E-state index contributed by atoms with van der Waals surface area (Å²) in [5.41, 5.74) is 7.71. The highest BCUT2D eigenvalue weighted by atomic mass is 35.5. The summed E-state index contributed by atoms with van der Waals surface area (Å²) < 4.78 is 1.50. The van der Waals surface area contributed by atoms with E-state index in [1.807, 2.05) is 18.2 Å². The second-order valence-electron chi connectivity index (χ2n) is 3.57. The molecule has 0 aliphatic carbocycles. The van der Waals surface area contributed by atoms with Gasteiger partial charge in [0, 0.05) is 24.9 Å². The van der Waals surface area contributed by atoms with Crippen molar-refractivity contribution in [3.63, 3.8) is 0 Å². The lowest BCUT2D eigenvalue weighted by molar-refractivity contribution is 0.861. The van der Waals surface area contributed by atoms with E-state index in [4.69, 9.17) is 17.3 Å². The number of nitrogen functional groups attached to an aromatic ring is 1. The van der Waals surface area contributed by atoms with E-state index < -0.39 is 0 Å². The van der Waals surface area contributed by atoms with E-state index in [0.29, 0.717) is 10.7 Å². The molecule has 16 heavy (non-hydrogen) atoms. The number of aromatic nitrogens is 1. The molecule has 0 radical (unpaired) electrons. The Labute approximate surface area is 98.1 Å². The van der Waals surface area contributed by atoms with E-state index in [0.717, 1.165) is 11.1 Å². The number of rotatable bonds is 1. The fourth-order valence-corrected chi connectivity index (χ4v) is 1.72. The molecule has 0 atom stereocenters. The first-order valence-electron chi connectivity index (χ1n) is 4.80. The van der Waals surface area contributed by atoms with E-state index in [1.54, 1.807) is 25.4 Å². The van der Waals surface area contributed by atoms with Crippen molar-refractivity contribution in [1.29, 1.82) is 0 Å². The van der Waals surface area contributed by atoms with Gasteiger partial charge in [0.2, 0.25) is 0 Å². The highest BCUT2D eigenvalue weighted by molar-refractivity contribution is 6.35. The van der Waals surface area contributed by atoms with E-state index in [9.17, 15) is 4.79 Å². The van der Waals surface area contributed by atoms with Gasteiger partial charge in [-0.25, -0.2) is 0 Å². The van der Waals surface area contributed by atoms with Crippen LogP contribution >= 0.6 is 11.6 Å². The smallest absolute Gasteiger partial charge is 0.250 e. The molecule has 0 saturated heterocycles. The summed E-state index contributed by atoms with van der Waals surface area (Å²) in [6, 6.07) is 8.76. The lowest BCUT2D eigenvalue weighted by Gasteiger charge is -2.07. The third-order valence-corrected chi connectivity index (χ3v) is 2.87. The summed E-state index contributed by atoms with van der Waals surface area (Å²) in [5, 5.41) is 0.482. The first-order chi connectivity index (χ1) is 7.59. The Morgan fingerprint density at radius 1 is 1.31 bits per heavy atom. The molecule has 4 heteroatoms. The van der Waals surface area contributed by atoms with Crippen LogP contribution in [-0.4, -0.2) is 4.57 Å². The van der Waals surface area contributed by atoms with Gasteiger partial charge in [0.15, 0.2) is 0 Å². The number of hydrogen-bond donors (Lipinski definition) is 1. The fraction of sp³-hybridized carbons (Fsp3) is 0.0833. The Balaban J connectivity index is 2.63. The molecule has 2 aromatic rings. The van der Waals surface area contributed by atoms with Crippen molar-refractivity contribution in [2.75, 3.05) is 5.73 Å². The average molecular weight is 235 g/mol. The van der Waals surface area contributed by atoms with E-state index in [-0.39, 0.29) is 5.56 Å². The van der Waals surface area contributed by atoms with Crippen LogP contribution in [0.4, 0.5) is 5.69 Å². The lowest BCUT2D eigenvalue weighted by atomic mass is 10.1. The Morgan fingerprint density at radius 2 is 2.06 bits per heavy atom. The Kier molecular flexibility index (Phi) is 2.71. The molecule has 1 heterocycles. The van der Waals surface area contributed by atoms with Gasteiger partial charge in [-0.1, -0.05) is 23.7 Å². The van der Waals surface area contributed by atoms with Crippen molar-refractivity contribution >= 4 is 17.3 Å². The quantitative estimate of drug-likeness (QED) is 0.770. The van der Waals surface area contributed by atoms with Crippen molar-refractivity contribution in [3.8, 4) is 11.1 Å². The molecule has 0 fully saturated rings. The molecule has 0 aliphatic heterocycles. The molecule has 0 bridgehead atoms. The van der Waals surface area contributed by atoms with Crippen molar-refractivity contribution in [2.24, 2.45) is 7.05 Å². The maximum Gasteiger partial charge on any atom is 0.250 e. The van der Waals surface area contributed by atoms with Crippen LogP contribution in [0.2, 0.25) is 5.02 Å². The molecule has 1 aromatic heterocycles. The molecule has 0 spiro atoms. The van der Waals surface area contributed by atoms with Crippen LogP contribution < -0.4 is 11.3 Å². The summed E-state index contributed by atoms with van der Waals surface area (Å²) in [7, 11) is 1.70. The van der Waals surface area contributed by atoms with Gasteiger partial charge in [-0.2, -0.15) is 0 Å². The third kappa shape index (κ3) is 1.82. The minimum atomic E-state index is -0.0732.